The van der Waals surface area contributed by atoms with Crippen LogP contribution in [0.3, 0.4) is 0 Å². The summed E-state index contributed by atoms with van der Waals surface area (Å²) >= 11 is 6.11. The van der Waals surface area contributed by atoms with Crippen LogP contribution in [0.15, 0.2) is 58.0 Å². The average molecular weight is 412 g/mol. The number of non-ortho nitro benzene ring substituents is 1. The van der Waals surface area contributed by atoms with Gasteiger partial charge in [-0.2, -0.15) is 5.10 Å². The second-order valence-electron chi connectivity index (χ2n) is 6.51. The van der Waals surface area contributed by atoms with E-state index in [1.54, 1.807) is 12.1 Å². The Morgan fingerprint density at radius 1 is 1.17 bits per heavy atom. The van der Waals surface area contributed by atoms with E-state index in [1.807, 2.05) is 32.0 Å². The van der Waals surface area contributed by atoms with Gasteiger partial charge in [0.2, 0.25) is 5.91 Å². The molecule has 1 amide bonds. The van der Waals surface area contributed by atoms with Crippen LogP contribution >= 0.6 is 11.6 Å². The van der Waals surface area contributed by atoms with Crippen molar-refractivity contribution in [3.63, 3.8) is 0 Å². The average Bonchev–Trinajstić information content (AvgIpc) is 3.13. The topological polar surface area (TPSA) is 97.7 Å². The largest absolute Gasteiger partial charge is 0.455 e. The molecule has 29 heavy (non-hydrogen) atoms. The van der Waals surface area contributed by atoms with Gasteiger partial charge in [0.05, 0.1) is 22.6 Å². The molecule has 0 unspecified atom stereocenters. The zero-order chi connectivity index (χ0) is 21.0. The summed E-state index contributed by atoms with van der Waals surface area (Å²) in [4.78, 5) is 22.3. The molecule has 0 radical (unpaired) electrons. The maximum absolute atomic E-state index is 12.0. The number of hydrogen-bond acceptors (Lipinski definition) is 5. The van der Waals surface area contributed by atoms with Gasteiger partial charge in [-0.15, -0.1) is 0 Å². The first kappa shape index (κ1) is 20.3. The molecule has 1 N–H and O–H groups in total. The van der Waals surface area contributed by atoms with Crippen LogP contribution in [-0.4, -0.2) is 17.0 Å². The standard InChI is InChI=1S/C21H18ClN3O4/c1-13-3-4-15(9-14(13)2)10-21(26)24-23-12-17-6-8-20(29-17)18-7-5-16(25(27)28)11-19(18)22/h3-9,11-12H,10H2,1-2H3,(H,24,26)/b23-12-. The minimum atomic E-state index is -0.517. The Hall–Kier alpha value is -3.45. The van der Waals surface area contributed by atoms with Gasteiger partial charge in [-0.1, -0.05) is 29.8 Å². The SMILES string of the molecule is Cc1ccc(CC(=O)N/N=C\c2ccc(-c3ccc([N+](=O)[O-])cc3Cl)o2)cc1C. The predicted molar refractivity (Wildman–Crippen MR) is 111 cm³/mol. The lowest BCUT2D eigenvalue weighted by atomic mass is 10.0. The Morgan fingerprint density at radius 2 is 1.97 bits per heavy atom. The number of carbonyl (C=O) groups is 1. The van der Waals surface area contributed by atoms with E-state index in [-0.39, 0.29) is 23.0 Å². The summed E-state index contributed by atoms with van der Waals surface area (Å²) in [5.41, 5.74) is 6.11. The highest BCUT2D eigenvalue weighted by Gasteiger charge is 2.13. The van der Waals surface area contributed by atoms with Gasteiger partial charge in [-0.05, 0) is 48.7 Å². The number of nitrogens with zero attached hydrogens (tertiary/aromatic N) is 2. The Kier molecular flexibility index (Phi) is 6.09. The minimum Gasteiger partial charge on any atom is -0.455 e. The fraction of sp³-hybridized carbons (Fsp3) is 0.143. The van der Waals surface area contributed by atoms with Crippen LogP contribution < -0.4 is 5.43 Å². The Balaban J connectivity index is 1.62. The molecule has 7 nitrogen and oxygen atoms in total. The van der Waals surface area contributed by atoms with E-state index < -0.39 is 4.92 Å². The smallest absolute Gasteiger partial charge is 0.270 e. The van der Waals surface area contributed by atoms with Crippen LogP contribution in [0.4, 0.5) is 5.69 Å². The van der Waals surface area contributed by atoms with E-state index in [0.29, 0.717) is 17.1 Å². The quantitative estimate of drug-likeness (QED) is 0.357. The second kappa shape index (κ2) is 8.70. The molecule has 0 aliphatic carbocycles. The summed E-state index contributed by atoms with van der Waals surface area (Å²) in [6.45, 7) is 4.02. The van der Waals surface area contributed by atoms with E-state index in [2.05, 4.69) is 10.5 Å². The van der Waals surface area contributed by atoms with Crippen LogP contribution in [0.25, 0.3) is 11.3 Å². The molecule has 0 fully saturated rings. The maximum Gasteiger partial charge on any atom is 0.270 e. The van der Waals surface area contributed by atoms with E-state index in [0.717, 1.165) is 11.1 Å². The molecule has 3 rings (SSSR count). The summed E-state index contributed by atoms with van der Waals surface area (Å²) in [5, 5.41) is 14.9. The molecular formula is C21H18ClN3O4. The zero-order valence-electron chi connectivity index (χ0n) is 15.8. The van der Waals surface area contributed by atoms with Gasteiger partial charge in [0, 0.05) is 17.7 Å². The molecule has 0 atom stereocenters. The number of hydrogen-bond donors (Lipinski definition) is 1. The molecule has 0 aliphatic rings. The highest BCUT2D eigenvalue weighted by Crippen LogP contribution is 2.32. The summed E-state index contributed by atoms with van der Waals surface area (Å²) in [7, 11) is 0. The normalized spacial score (nSPS) is 11.0. The summed E-state index contributed by atoms with van der Waals surface area (Å²) in [5.74, 6) is 0.600. The van der Waals surface area contributed by atoms with Crippen LogP contribution in [-0.2, 0) is 11.2 Å². The first-order valence-electron chi connectivity index (χ1n) is 8.75. The van der Waals surface area contributed by atoms with Gasteiger partial charge < -0.3 is 4.42 Å². The number of benzene rings is 2. The zero-order valence-corrected chi connectivity index (χ0v) is 16.6. The van der Waals surface area contributed by atoms with Gasteiger partial charge in [0.15, 0.2) is 0 Å². The monoisotopic (exact) mass is 411 g/mol. The number of carbonyl (C=O) groups excluding carboxylic acids is 1. The molecule has 1 aromatic heterocycles. The number of nitro benzene ring substituents is 1. The van der Waals surface area contributed by atoms with Crippen molar-refractivity contribution in [1.82, 2.24) is 5.43 Å². The fourth-order valence-electron chi connectivity index (χ4n) is 2.69. The van der Waals surface area contributed by atoms with Crippen molar-refractivity contribution in [3.8, 4) is 11.3 Å². The number of furan rings is 1. The minimum absolute atomic E-state index is 0.0985. The van der Waals surface area contributed by atoms with Gasteiger partial charge in [0.25, 0.3) is 5.69 Å². The maximum atomic E-state index is 12.0. The number of hydrazone groups is 1. The van der Waals surface area contributed by atoms with Crippen molar-refractivity contribution in [2.24, 2.45) is 5.10 Å². The van der Waals surface area contributed by atoms with Crippen molar-refractivity contribution in [2.45, 2.75) is 20.3 Å². The molecule has 0 spiro atoms. The van der Waals surface area contributed by atoms with E-state index in [1.165, 1.54) is 30.0 Å². The van der Waals surface area contributed by atoms with Gasteiger partial charge in [-0.25, -0.2) is 5.43 Å². The lowest BCUT2D eigenvalue weighted by molar-refractivity contribution is -0.384. The molecule has 0 bridgehead atoms. The fourth-order valence-corrected chi connectivity index (χ4v) is 2.96. The van der Waals surface area contributed by atoms with Crippen molar-refractivity contribution in [1.29, 1.82) is 0 Å². The number of halogens is 1. The molecule has 8 heteroatoms. The highest BCUT2D eigenvalue weighted by molar-refractivity contribution is 6.33. The predicted octanol–water partition coefficient (Wildman–Crippen LogP) is 4.82. The molecule has 148 valence electrons. The third-order valence-corrected chi connectivity index (χ3v) is 4.69. The third kappa shape index (κ3) is 5.08. The van der Waals surface area contributed by atoms with E-state index >= 15 is 0 Å². The van der Waals surface area contributed by atoms with Crippen molar-refractivity contribution in [2.75, 3.05) is 0 Å². The molecular weight excluding hydrogens is 394 g/mol. The van der Waals surface area contributed by atoms with Crippen LogP contribution in [0.5, 0.6) is 0 Å². The number of rotatable bonds is 6. The van der Waals surface area contributed by atoms with E-state index in [9.17, 15) is 14.9 Å². The van der Waals surface area contributed by atoms with Crippen LogP contribution in [0.2, 0.25) is 5.02 Å². The highest BCUT2D eigenvalue weighted by atomic mass is 35.5. The first-order valence-corrected chi connectivity index (χ1v) is 9.13. The Bertz CT molecular complexity index is 1110. The third-order valence-electron chi connectivity index (χ3n) is 4.37. The number of amides is 1. The van der Waals surface area contributed by atoms with E-state index in [4.69, 9.17) is 16.0 Å². The number of nitrogens with one attached hydrogen (secondary N) is 1. The first-order chi connectivity index (χ1) is 13.8. The molecule has 0 aliphatic heterocycles. The molecule has 2 aromatic carbocycles. The second-order valence-corrected chi connectivity index (χ2v) is 6.92. The van der Waals surface area contributed by atoms with Crippen molar-refractivity contribution in [3.05, 3.63) is 86.1 Å². The lowest BCUT2D eigenvalue weighted by Crippen LogP contribution is -2.19. The lowest BCUT2D eigenvalue weighted by Gasteiger charge is -2.04. The molecule has 0 saturated heterocycles. The van der Waals surface area contributed by atoms with Crippen molar-refractivity contribution < 1.29 is 14.1 Å². The van der Waals surface area contributed by atoms with Crippen molar-refractivity contribution >= 4 is 29.4 Å². The number of nitro groups is 1. The molecule has 0 saturated carbocycles. The number of aryl methyl sites for hydroxylation is 2. The molecule has 1 heterocycles. The van der Waals surface area contributed by atoms with Crippen LogP contribution in [0, 0.1) is 24.0 Å². The van der Waals surface area contributed by atoms with Gasteiger partial charge in [0.1, 0.15) is 11.5 Å². The Morgan fingerprint density at radius 3 is 2.66 bits per heavy atom. The molecule has 3 aromatic rings. The summed E-state index contributed by atoms with van der Waals surface area (Å²) < 4.78 is 5.62. The summed E-state index contributed by atoms with van der Waals surface area (Å²) in [6.07, 6.45) is 1.60. The van der Waals surface area contributed by atoms with Gasteiger partial charge >= 0.3 is 0 Å². The van der Waals surface area contributed by atoms with Crippen LogP contribution in [0.1, 0.15) is 22.5 Å². The Labute approximate surface area is 172 Å². The summed E-state index contributed by atoms with van der Waals surface area (Å²) in [6, 6.07) is 13.3. The van der Waals surface area contributed by atoms with Gasteiger partial charge in [-0.3, -0.25) is 14.9 Å².